The molecule has 0 atom stereocenters. The van der Waals surface area contributed by atoms with Crippen molar-refractivity contribution in [2.24, 2.45) is 0 Å². The van der Waals surface area contributed by atoms with Gasteiger partial charge >= 0.3 is 0 Å². The second kappa shape index (κ2) is 15.4. The molecule has 12 rings (SSSR count). The van der Waals surface area contributed by atoms with E-state index in [9.17, 15) is 0 Å². The number of rotatable bonds is 6. The van der Waals surface area contributed by atoms with E-state index in [4.69, 9.17) is 4.42 Å². The second-order valence-corrected chi connectivity index (χ2v) is 22.1. The van der Waals surface area contributed by atoms with E-state index in [1.54, 1.807) is 0 Å². The number of hydrogen-bond acceptors (Lipinski definition) is 4. The number of hydrogen-bond donors (Lipinski definition) is 1. The van der Waals surface area contributed by atoms with Crippen molar-refractivity contribution < 1.29 is 4.42 Å². The molecule has 0 spiro atoms. The van der Waals surface area contributed by atoms with Crippen molar-refractivity contribution in [2.45, 2.75) is 77.6 Å². The summed E-state index contributed by atoms with van der Waals surface area (Å²) in [6.07, 6.45) is 2.35. The molecule has 2 aliphatic rings. The van der Waals surface area contributed by atoms with Crippen LogP contribution in [0.5, 0.6) is 0 Å². The van der Waals surface area contributed by atoms with Crippen molar-refractivity contribution in [3.05, 3.63) is 187 Å². The van der Waals surface area contributed by atoms with Crippen molar-refractivity contribution in [1.29, 1.82) is 0 Å². The predicted octanol–water partition coefficient (Wildman–Crippen LogP) is 16.6. The van der Waals surface area contributed by atoms with Crippen LogP contribution in [0.1, 0.15) is 78.0 Å². The number of nitrogens with zero attached hydrogens (tertiary/aromatic N) is 1. The highest BCUT2D eigenvalue weighted by Gasteiger charge is 2.38. The van der Waals surface area contributed by atoms with Crippen LogP contribution < -0.4 is 21.1 Å². The summed E-state index contributed by atoms with van der Waals surface area (Å²) in [5.41, 5.74) is 19.8. The fourth-order valence-corrected chi connectivity index (χ4v) is 12.0. The Labute approximate surface area is 399 Å². The molecular formula is C62H54BN2OS. The van der Waals surface area contributed by atoms with E-state index >= 15 is 0 Å². The SMILES string of the molecule is CC(C)(C)c1ccc(N2c3sc4ccccc4c3[B]c3c(-c4cc(-c5ccccc5)ccc4Nc4ccc5c(c4)C(C)(C)CCC5(C)C)cc4c(oc5ccccc54)c32)c(-c2ccccc2)c1. The van der Waals surface area contributed by atoms with Crippen molar-refractivity contribution in [3.8, 4) is 33.4 Å². The van der Waals surface area contributed by atoms with Gasteiger partial charge in [0.25, 0.3) is 0 Å². The van der Waals surface area contributed by atoms with E-state index in [0.717, 1.165) is 67.7 Å². The van der Waals surface area contributed by atoms with E-state index in [0.29, 0.717) is 0 Å². The van der Waals surface area contributed by atoms with Gasteiger partial charge in [-0.05, 0) is 139 Å². The smallest absolute Gasteiger partial charge is 0.200 e. The number of thiophene rings is 1. The van der Waals surface area contributed by atoms with E-state index in [1.807, 2.05) is 11.3 Å². The molecule has 0 amide bonds. The summed E-state index contributed by atoms with van der Waals surface area (Å²) in [6, 6.07) is 62.7. The minimum Gasteiger partial charge on any atom is -0.454 e. The molecule has 10 aromatic rings. The third-order valence-corrected chi connectivity index (χ3v) is 15.9. The maximum atomic E-state index is 7.14. The summed E-state index contributed by atoms with van der Waals surface area (Å²) >= 11 is 1.85. The average molecular weight is 886 g/mol. The number of nitrogens with one attached hydrogen (secondary N) is 1. The Bertz CT molecular complexity index is 3570. The second-order valence-electron chi connectivity index (χ2n) is 21.1. The van der Waals surface area contributed by atoms with Crippen LogP contribution in [0.25, 0.3) is 65.4 Å². The molecule has 0 saturated heterocycles. The van der Waals surface area contributed by atoms with Gasteiger partial charge < -0.3 is 9.73 Å². The van der Waals surface area contributed by atoms with Gasteiger partial charge in [0.2, 0.25) is 0 Å². The zero-order valence-corrected chi connectivity index (χ0v) is 40.2. The molecule has 0 unspecified atom stereocenters. The molecule has 327 valence electrons. The Morgan fingerprint density at radius 2 is 1.25 bits per heavy atom. The van der Waals surface area contributed by atoms with E-state index < -0.39 is 0 Å². The summed E-state index contributed by atoms with van der Waals surface area (Å²) in [5.74, 6) is 0. The average Bonchev–Trinajstić information content (AvgIpc) is 3.91. The van der Waals surface area contributed by atoms with Crippen LogP contribution in [-0.2, 0) is 16.2 Å². The zero-order chi connectivity index (χ0) is 45.8. The first-order chi connectivity index (χ1) is 32.3. The van der Waals surface area contributed by atoms with Crippen LogP contribution in [0.15, 0.2) is 174 Å². The lowest BCUT2D eigenvalue weighted by molar-refractivity contribution is 0.332. The first-order valence-corrected chi connectivity index (χ1v) is 24.6. The molecule has 8 aromatic carbocycles. The number of para-hydroxylation sites is 1. The molecule has 2 aromatic heterocycles. The molecule has 67 heavy (non-hydrogen) atoms. The summed E-state index contributed by atoms with van der Waals surface area (Å²) < 4.78 is 8.39. The summed E-state index contributed by atoms with van der Waals surface area (Å²) in [4.78, 5) is 2.54. The van der Waals surface area contributed by atoms with Gasteiger partial charge in [-0.15, -0.1) is 11.3 Å². The van der Waals surface area contributed by atoms with Crippen molar-refractivity contribution in [1.82, 2.24) is 0 Å². The van der Waals surface area contributed by atoms with Gasteiger partial charge in [0.1, 0.15) is 5.58 Å². The molecular weight excluding hydrogens is 832 g/mol. The van der Waals surface area contributed by atoms with Gasteiger partial charge in [-0.25, -0.2) is 0 Å². The molecule has 1 N–H and O–H groups in total. The monoisotopic (exact) mass is 885 g/mol. The van der Waals surface area contributed by atoms with Gasteiger partial charge in [-0.3, -0.25) is 4.90 Å². The van der Waals surface area contributed by atoms with Crippen LogP contribution in [0.3, 0.4) is 0 Å². The van der Waals surface area contributed by atoms with Crippen LogP contribution in [-0.4, -0.2) is 7.28 Å². The normalized spacial score (nSPS) is 15.0. The van der Waals surface area contributed by atoms with E-state index in [1.165, 1.54) is 65.9 Å². The lowest BCUT2D eigenvalue weighted by Gasteiger charge is -2.42. The van der Waals surface area contributed by atoms with Crippen LogP contribution in [0.4, 0.5) is 27.8 Å². The van der Waals surface area contributed by atoms with Gasteiger partial charge in [0.05, 0.1) is 16.4 Å². The Hall–Kier alpha value is -6.82. The molecule has 1 aliphatic carbocycles. The van der Waals surface area contributed by atoms with Crippen LogP contribution in [0.2, 0.25) is 0 Å². The highest BCUT2D eigenvalue weighted by molar-refractivity contribution is 7.25. The van der Waals surface area contributed by atoms with Crippen molar-refractivity contribution in [2.75, 3.05) is 10.2 Å². The van der Waals surface area contributed by atoms with Crippen LogP contribution in [0, 0.1) is 0 Å². The number of furan rings is 1. The Kier molecular flexibility index (Phi) is 9.54. The topological polar surface area (TPSA) is 28.4 Å². The van der Waals surface area contributed by atoms with E-state index in [-0.39, 0.29) is 16.2 Å². The first kappa shape index (κ1) is 41.6. The molecule has 1 radical (unpaired) electrons. The minimum absolute atomic E-state index is 0.0469. The number of anilines is 5. The number of benzene rings is 8. The first-order valence-electron chi connectivity index (χ1n) is 23.8. The summed E-state index contributed by atoms with van der Waals surface area (Å²) in [5, 5.41) is 8.66. The van der Waals surface area contributed by atoms with Crippen molar-refractivity contribution in [3.63, 3.8) is 0 Å². The zero-order valence-electron chi connectivity index (χ0n) is 39.4. The van der Waals surface area contributed by atoms with Gasteiger partial charge in [-0.2, -0.15) is 0 Å². The molecule has 5 heteroatoms. The fourth-order valence-electron chi connectivity index (χ4n) is 10.8. The Morgan fingerprint density at radius 1 is 0.567 bits per heavy atom. The molecule has 0 fully saturated rings. The summed E-state index contributed by atoms with van der Waals surface area (Å²) in [6.45, 7) is 16.5. The third-order valence-electron chi connectivity index (χ3n) is 14.7. The molecule has 3 heterocycles. The maximum absolute atomic E-state index is 7.14. The van der Waals surface area contributed by atoms with Crippen LogP contribution >= 0.6 is 11.3 Å². The Morgan fingerprint density at radius 3 is 2.01 bits per heavy atom. The standard InChI is InChI=1S/C62H54BN2OS/c1-60(2,3)41-27-31-52(45(35-41)39-20-12-9-13-21-39)65-57-55(63-56-44-23-15-17-25-54(44)67-59(56)65)47(37-48-43-22-14-16-24-53(43)66-58(48)57)46-34-40(38-18-10-8-11-19-38)26-30-51(46)64-42-28-29-49-50(36-42)62(6,7)33-32-61(49,4)5/h8-31,34-37,64H,32-33H2,1-7H3. The lowest BCUT2D eigenvalue weighted by atomic mass is 9.58. The van der Waals surface area contributed by atoms with E-state index in [2.05, 4.69) is 236 Å². The lowest BCUT2D eigenvalue weighted by Crippen LogP contribution is -2.40. The third kappa shape index (κ3) is 6.92. The fraction of sp³-hybridized carbons (Fsp3) is 0.194. The maximum Gasteiger partial charge on any atom is 0.200 e. The van der Waals surface area contributed by atoms with Crippen molar-refractivity contribution >= 4 is 89.3 Å². The van der Waals surface area contributed by atoms with Gasteiger partial charge in [-0.1, -0.05) is 164 Å². The number of fused-ring (bicyclic) bond motifs is 9. The molecule has 0 saturated carbocycles. The predicted molar refractivity (Wildman–Crippen MR) is 289 cm³/mol. The molecule has 3 nitrogen and oxygen atoms in total. The van der Waals surface area contributed by atoms with Gasteiger partial charge in [0.15, 0.2) is 12.9 Å². The summed E-state index contributed by atoms with van der Waals surface area (Å²) in [7, 11) is 2.45. The largest absolute Gasteiger partial charge is 0.454 e. The molecule has 1 aliphatic heterocycles. The Balaban J connectivity index is 1.17. The van der Waals surface area contributed by atoms with Gasteiger partial charge in [0, 0.05) is 38.0 Å². The molecule has 0 bridgehead atoms. The highest BCUT2D eigenvalue weighted by atomic mass is 32.1. The highest BCUT2D eigenvalue weighted by Crippen LogP contribution is 2.52. The minimum atomic E-state index is -0.0469. The quantitative estimate of drug-likeness (QED) is 0.169.